The Balaban J connectivity index is 2.33. The molecule has 0 spiro atoms. The van der Waals surface area contributed by atoms with Gasteiger partial charge in [0.05, 0.1) is 5.02 Å². The Morgan fingerprint density at radius 3 is 2.26 bits per heavy atom. The smallest absolute Gasteiger partial charge is 0.146 e. The largest absolute Gasteiger partial charge is 0.455 e. The van der Waals surface area contributed by atoms with Crippen molar-refractivity contribution in [1.29, 1.82) is 0 Å². The van der Waals surface area contributed by atoms with Crippen LogP contribution in [-0.4, -0.2) is 6.54 Å². The molecule has 0 aliphatic rings. The van der Waals surface area contributed by atoms with E-state index in [1.165, 1.54) is 0 Å². The molecule has 2 aromatic carbocycles. The second kappa shape index (κ2) is 6.49. The summed E-state index contributed by atoms with van der Waals surface area (Å²) in [5, 5.41) is 1.61. The molecule has 2 N–H and O–H groups in total. The van der Waals surface area contributed by atoms with Crippen molar-refractivity contribution in [3.63, 3.8) is 0 Å². The van der Waals surface area contributed by atoms with E-state index >= 15 is 0 Å². The minimum atomic E-state index is 0.450. The van der Waals surface area contributed by atoms with Crippen LogP contribution in [-0.2, 0) is 6.42 Å². The first-order valence-corrected chi connectivity index (χ1v) is 6.85. The summed E-state index contributed by atoms with van der Waals surface area (Å²) in [7, 11) is 0. The molecule has 0 saturated heterocycles. The number of rotatable bonds is 4. The molecule has 0 atom stereocenters. The first-order valence-electron chi connectivity index (χ1n) is 5.71. The van der Waals surface area contributed by atoms with Gasteiger partial charge in [0.25, 0.3) is 0 Å². The molecule has 0 amide bonds. The van der Waals surface area contributed by atoms with Crippen LogP contribution in [0.3, 0.4) is 0 Å². The van der Waals surface area contributed by atoms with E-state index in [1.54, 1.807) is 24.3 Å². The number of halogens is 3. The highest BCUT2D eigenvalue weighted by Gasteiger charge is 2.08. The minimum Gasteiger partial charge on any atom is -0.455 e. The third-order valence-corrected chi connectivity index (χ3v) is 3.32. The molecule has 2 nitrogen and oxygen atoms in total. The van der Waals surface area contributed by atoms with Crippen molar-refractivity contribution in [2.24, 2.45) is 5.73 Å². The molecule has 19 heavy (non-hydrogen) atoms. The second-order valence-corrected chi connectivity index (χ2v) is 5.25. The number of benzene rings is 2. The first kappa shape index (κ1) is 14.5. The van der Waals surface area contributed by atoms with Gasteiger partial charge in [-0.25, -0.2) is 0 Å². The predicted molar refractivity (Wildman–Crippen MR) is 80.7 cm³/mol. The first-order chi connectivity index (χ1) is 9.10. The molecule has 100 valence electrons. The van der Waals surface area contributed by atoms with Crippen LogP contribution in [0.25, 0.3) is 0 Å². The van der Waals surface area contributed by atoms with Gasteiger partial charge >= 0.3 is 0 Å². The Bertz CT molecular complexity index is 587. The lowest BCUT2D eigenvalue weighted by molar-refractivity contribution is 0.476. The Kier molecular flexibility index (Phi) is 4.94. The summed E-state index contributed by atoms with van der Waals surface area (Å²) in [6.45, 7) is 0.534. The van der Waals surface area contributed by atoms with Crippen molar-refractivity contribution in [2.75, 3.05) is 6.54 Å². The molecule has 0 bridgehead atoms. The van der Waals surface area contributed by atoms with E-state index in [4.69, 9.17) is 45.3 Å². The molecule has 5 heteroatoms. The molecule has 0 heterocycles. The number of hydrogen-bond acceptors (Lipinski definition) is 2. The fourth-order valence-electron chi connectivity index (χ4n) is 1.66. The number of hydrogen-bond donors (Lipinski definition) is 1. The molecule has 0 aromatic heterocycles. The highest BCUT2D eigenvalue weighted by atomic mass is 35.5. The third-order valence-electron chi connectivity index (χ3n) is 2.56. The zero-order valence-corrected chi connectivity index (χ0v) is 12.3. The average molecular weight is 317 g/mol. The Morgan fingerprint density at radius 2 is 1.58 bits per heavy atom. The van der Waals surface area contributed by atoms with E-state index in [1.807, 2.05) is 12.1 Å². The maximum absolute atomic E-state index is 6.08. The van der Waals surface area contributed by atoms with Crippen LogP contribution in [0, 0.1) is 0 Å². The van der Waals surface area contributed by atoms with E-state index in [0.29, 0.717) is 39.5 Å². The third kappa shape index (κ3) is 3.77. The summed E-state index contributed by atoms with van der Waals surface area (Å²) in [6, 6.07) is 10.5. The van der Waals surface area contributed by atoms with E-state index < -0.39 is 0 Å². The van der Waals surface area contributed by atoms with Crippen molar-refractivity contribution in [2.45, 2.75) is 6.42 Å². The van der Waals surface area contributed by atoms with Gasteiger partial charge in [-0.15, -0.1) is 0 Å². The summed E-state index contributed by atoms with van der Waals surface area (Å²) in [4.78, 5) is 0. The Hall–Kier alpha value is -0.930. The Morgan fingerprint density at radius 1 is 0.895 bits per heavy atom. The molecule has 0 radical (unpaired) electrons. The summed E-state index contributed by atoms with van der Waals surface area (Å²) in [5.41, 5.74) is 6.56. The quantitative estimate of drug-likeness (QED) is 0.867. The van der Waals surface area contributed by atoms with Gasteiger partial charge < -0.3 is 10.5 Å². The van der Waals surface area contributed by atoms with E-state index in [2.05, 4.69) is 0 Å². The van der Waals surface area contributed by atoms with E-state index in [9.17, 15) is 0 Å². The van der Waals surface area contributed by atoms with Gasteiger partial charge in [0.1, 0.15) is 11.5 Å². The molecular formula is C14H12Cl3NO. The maximum atomic E-state index is 6.08. The maximum Gasteiger partial charge on any atom is 0.146 e. The van der Waals surface area contributed by atoms with Crippen LogP contribution >= 0.6 is 34.8 Å². The van der Waals surface area contributed by atoms with Crippen LogP contribution < -0.4 is 10.5 Å². The lowest BCUT2D eigenvalue weighted by Crippen LogP contribution is -2.04. The fraction of sp³-hybridized carbons (Fsp3) is 0.143. The topological polar surface area (TPSA) is 35.2 Å². The number of ether oxygens (including phenoxy) is 1. The Labute approximate surface area is 127 Å². The summed E-state index contributed by atoms with van der Waals surface area (Å²) < 4.78 is 5.80. The average Bonchev–Trinajstić information content (AvgIpc) is 2.36. The van der Waals surface area contributed by atoms with Gasteiger partial charge in [-0.2, -0.15) is 0 Å². The highest BCUT2D eigenvalue weighted by Crippen LogP contribution is 2.34. The molecule has 0 unspecified atom stereocenters. The zero-order chi connectivity index (χ0) is 13.8. The monoisotopic (exact) mass is 315 g/mol. The fourth-order valence-corrected chi connectivity index (χ4v) is 2.27. The van der Waals surface area contributed by atoms with Crippen molar-refractivity contribution >= 4 is 34.8 Å². The van der Waals surface area contributed by atoms with Gasteiger partial charge in [0.15, 0.2) is 0 Å². The van der Waals surface area contributed by atoms with Crippen LogP contribution in [0.5, 0.6) is 11.5 Å². The normalized spacial score (nSPS) is 10.5. The minimum absolute atomic E-state index is 0.450. The molecular weight excluding hydrogens is 305 g/mol. The van der Waals surface area contributed by atoms with Crippen LogP contribution in [0.15, 0.2) is 36.4 Å². The molecule has 0 aliphatic heterocycles. The zero-order valence-electron chi connectivity index (χ0n) is 10.00. The lowest BCUT2D eigenvalue weighted by Gasteiger charge is -2.12. The summed E-state index contributed by atoms with van der Waals surface area (Å²) in [6.07, 6.45) is 0.706. The van der Waals surface area contributed by atoms with Gasteiger partial charge in [-0.1, -0.05) is 40.9 Å². The van der Waals surface area contributed by atoms with Crippen LogP contribution in [0.4, 0.5) is 0 Å². The van der Waals surface area contributed by atoms with Crippen LogP contribution in [0.1, 0.15) is 5.56 Å². The van der Waals surface area contributed by atoms with E-state index in [0.717, 1.165) is 5.56 Å². The molecule has 0 saturated carbocycles. The SMILES string of the molecule is NCCc1ccc(Cl)cc1Oc1ccc(Cl)cc1Cl. The van der Waals surface area contributed by atoms with Crippen molar-refractivity contribution in [1.82, 2.24) is 0 Å². The number of nitrogens with two attached hydrogens (primary N) is 1. The molecule has 0 fully saturated rings. The molecule has 0 aliphatic carbocycles. The predicted octanol–water partition coefficient (Wildman–Crippen LogP) is 4.94. The highest BCUT2D eigenvalue weighted by molar-refractivity contribution is 6.35. The standard InChI is InChI=1S/C14H12Cl3NO/c15-10-3-4-13(12(17)7-10)19-14-8-11(16)2-1-9(14)5-6-18/h1-4,7-8H,5-6,18H2. The second-order valence-electron chi connectivity index (χ2n) is 3.97. The van der Waals surface area contributed by atoms with E-state index in [-0.39, 0.29) is 0 Å². The van der Waals surface area contributed by atoms with Gasteiger partial charge in [0.2, 0.25) is 0 Å². The molecule has 2 rings (SSSR count). The van der Waals surface area contributed by atoms with Crippen molar-refractivity contribution in [3.05, 3.63) is 57.0 Å². The summed E-state index contributed by atoms with van der Waals surface area (Å²) >= 11 is 17.9. The van der Waals surface area contributed by atoms with Crippen LogP contribution in [0.2, 0.25) is 15.1 Å². The summed E-state index contributed by atoms with van der Waals surface area (Å²) in [5.74, 6) is 1.19. The van der Waals surface area contributed by atoms with Crippen molar-refractivity contribution in [3.8, 4) is 11.5 Å². The van der Waals surface area contributed by atoms with Crippen molar-refractivity contribution < 1.29 is 4.74 Å². The molecule has 2 aromatic rings. The van der Waals surface area contributed by atoms with Gasteiger partial charge in [0, 0.05) is 10.0 Å². The lowest BCUT2D eigenvalue weighted by atomic mass is 10.1. The van der Waals surface area contributed by atoms with Gasteiger partial charge in [-0.05, 0) is 48.9 Å². The van der Waals surface area contributed by atoms with Gasteiger partial charge in [-0.3, -0.25) is 0 Å².